The van der Waals surface area contributed by atoms with Crippen molar-refractivity contribution in [2.75, 3.05) is 17.7 Å². The first-order valence-corrected chi connectivity index (χ1v) is 10.8. The Morgan fingerprint density at radius 3 is 2.65 bits per heavy atom. The summed E-state index contributed by atoms with van der Waals surface area (Å²) in [5.74, 6) is 0.361. The summed E-state index contributed by atoms with van der Waals surface area (Å²) in [6.45, 7) is 1.95. The van der Waals surface area contributed by atoms with Crippen molar-refractivity contribution in [2.45, 2.75) is 19.8 Å². The van der Waals surface area contributed by atoms with Gasteiger partial charge in [-0.2, -0.15) is 0 Å². The number of amides is 2. The Hall–Kier alpha value is -3.30. The first-order valence-electron chi connectivity index (χ1n) is 9.61. The van der Waals surface area contributed by atoms with Gasteiger partial charge in [0, 0.05) is 18.2 Å². The topological polar surface area (TPSA) is 92.4 Å². The number of hydrogen-bond donors (Lipinski definition) is 3. The van der Waals surface area contributed by atoms with Crippen LogP contribution in [0.25, 0.3) is 16.3 Å². The van der Waals surface area contributed by atoms with Crippen molar-refractivity contribution in [1.29, 1.82) is 0 Å². The number of ether oxygens (including phenoxy) is 1. The molecule has 0 saturated carbocycles. The van der Waals surface area contributed by atoms with Crippen molar-refractivity contribution in [3.63, 3.8) is 0 Å². The molecule has 0 aliphatic rings. The number of thiazole rings is 1. The minimum absolute atomic E-state index is 0.0495. The minimum Gasteiger partial charge on any atom is -0.497 e. The van der Waals surface area contributed by atoms with Crippen LogP contribution in [0, 0.1) is 0 Å². The van der Waals surface area contributed by atoms with Gasteiger partial charge in [0.15, 0.2) is 10.2 Å². The van der Waals surface area contributed by atoms with Gasteiger partial charge >= 0.3 is 0 Å². The van der Waals surface area contributed by atoms with Crippen LogP contribution in [0.1, 0.15) is 25.3 Å². The predicted molar refractivity (Wildman–Crippen MR) is 130 cm³/mol. The molecular formula is C22H22N4O3S2. The highest BCUT2D eigenvalue weighted by Gasteiger charge is 2.09. The third-order valence-electron chi connectivity index (χ3n) is 4.15. The van der Waals surface area contributed by atoms with Crippen LogP contribution in [0.2, 0.25) is 0 Å². The Balaban J connectivity index is 1.56. The number of carbonyl (C=O) groups is 2. The predicted octanol–water partition coefficient (Wildman–Crippen LogP) is 4.57. The molecule has 0 bridgehead atoms. The van der Waals surface area contributed by atoms with Gasteiger partial charge in [-0.1, -0.05) is 30.4 Å². The van der Waals surface area contributed by atoms with E-state index in [1.165, 1.54) is 17.4 Å². The zero-order valence-electron chi connectivity index (χ0n) is 17.1. The highest BCUT2D eigenvalue weighted by atomic mass is 32.1. The number of fused-ring (bicyclic) bond motifs is 1. The number of aromatic nitrogens is 1. The van der Waals surface area contributed by atoms with E-state index in [1.54, 1.807) is 13.2 Å². The standard InChI is InChI=1S/C22H22N4O3S2/c1-3-4-19(27)26-22-24-17-11-8-15(13-18(17)31-22)23-21(30)25-20(28)12-7-14-5-9-16(29-2)10-6-14/h5-13H,3-4H2,1-2H3,(H,24,26,27)(H2,23,25,28,30)/b12-7+. The van der Waals surface area contributed by atoms with Gasteiger partial charge in [0.2, 0.25) is 11.8 Å². The Bertz CT molecular complexity index is 1120. The maximum atomic E-state index is 12.1. The number of thiocarbonyl (C=S) groups is 1. The maximum absolute atomic E-state index is 12.1. The smallest absolute Gasteiger partial charge is 0.250 e. The van der Waals surface area contributed by atoms with E-state index in [4.69, 9.17) is 17.0 Å². The van der Waals surface area contributed by atoms with Crippen LogP contribution in [-0.2, 0) is 9.59 Å². The molecule has 0 fully saturated rings. The van der Waals surface area contributed by atoms with Crippen molar-refractivity contribution >= 4 is 67.6 Å². The van der Waals surface area contributed by atoms with Crippen molar-refractivity contribution < 1.29 is 14.3 Å². The summed E-state index contributed by atoms with van der Waals surface area (Å²) in [5, 5.41) is 9.15. The van der Waals surface area contributed by atoms with Gasteiger partial charge in [0.25, 0.3) is 0 Å². The van der Waals surface area contributed by atoms with E-state index in [2.05, 4.69) is 20.9 Å². The molecule has 2 amide bonds. The minimum atomic E-state index is -0.340. The largest absolute Gasteiger partial charge is 0.497 e. The second kappa shape index (κ2) is 10.6. The molecule has 0 unspecified atom stereocenters. The molecular weight excluding hydrogens is 432 g/mol. The molecule has 3 N–H and O–H groups in total. The number of nitrogens with zero attached hydrogens (tertiary/aromatic N) is 1. The summed E-state index contributed by atoms with van der Waals surface area (Å²) < 4.78 is 6.00. The fourth-order valence-electron chi connectivity index (χ4n) is 2.67. The number of hydrogen-bond acceptors (Lipinski definition) is 6. The summed E-state index contributed by atoms with van der Waals surface area (Å²) in [6.07, 6.45) is 4.34. The van der Waals surface area contributed by atoms with Crippen LogP contribution < -0.4 is 20.7 Å². The molecule has 1 heterocycles. The van der Waals surface area contributed by atoms with E-state index >= 15 is 0 Å². The molecule has 1 aromatic heterocycles. The molecule has 0 spiro atoms. The van der Waals surface area contributed by atoms with Gasteiger partial charge < -0.3 is 15.4 Å². The number of nitrogens with one attached hydrogen (secondary N) is 3. The Labute approximate surface area is 189 Å². The maximum Gasteiger partial charge on any atom is 0.250 e. The van der Waals surface area contributed by atoms with Crippen molar-refractivity contribution in [3.05, 3.63) is 54.1 Å². The number of anilines is 2. The second-order valence-corrected chi connectivity index (χ2v) is 7.99. The van der Waals surface area contributed by atoms with Crippen LogP contribution >= 0.6 is 23.6 Å². The normalized spacial score (nSPS) is 10.8. The summed E-state index contributed by atoms with van der Waals surface area (Å²) in [4.78, 5) is 28.3. The molecule has 0 aliphatic heterocycles. The molecule has 0 saturated heterocycles. The third kappa shape index (κ3) is 6.59. The molecule has 9 heteroatoms. The van der Waals surface area contributed by atoms with Crippen molar-refractivity contribution in [2.24, 2.45) is 0 Å². The first kappa shape index (κ1) is 22.4. The van der Waals surface area contributed by atoms with E-state index in [0.29, 0.717) is 17.2 Å². The Kier molecular flexibility index (Phi) is 7.69. The lowest BCUT2D eigenvalue weighted by molar-refractivity contribution is -0.116. The van der Waals surface area contributed by atoms with Gasteiger partial charge in [0.05, 0.1) is 17.3 Å². The van der Waals surface area contributed by atoms with Gasteiger partial charge in [-0.05, 0) is 60.6 Å². The number of rotatable bonds is 7. The highest BCUT2D eigenvalue weighted by molar-refractivity contribution is 7.80. The number of carbonyl (C=O) groups excluding carboxylic acids is 2. The molecule has 160 valence electrons. The van der Waals surface area contributed by atoms with Gasteiger partial charge in [0.1, 0.15) is 5.75 Å². The monoisotopic (exact) mass is 454 g/mol. The quantitative estimate of drug-likeness (QED) is 0.358. The number of benzene rings is 2. The van der Waals surface area contributed by atoms with E-state index in [1.807, 2.05) is 49.4 Å². The van der Waals surface area contributed by atoms with Crippen LogP contribution in [0.5, 0.6) is 5.75 Å². The van der Waals surface area contributed by atoms with Crippen LogP contribution in [-0.4, -0.2) is 29.0 Å². The average Bonchev–Trinajstić information content (AvgIpc) is 3.14. The van der Waals surface area contributed by atoms with E-state index in [-0.39, 0.29) is 16.9 Å². The zero-order chi connectivity index (χ0) is 22.2. The van der Waals surface area contributed by atoms with Crippen LogP contribution in [0.4, 0.5) is 10.8 Å². The molecule has 7 nitrogen and oxygen atoms in total. The van der Waals surface area contributed by atoms with Crippen LogP contribution in [0.3, 0.4) is 0 Å². The van der Waals surface area contributed by atoms with Crippen molar-refractivity contribution in [3.8, 4) is 5.75 Å². The zero-order valence-corrected chi connectivity index (χ0v) is 18.7. The summed E-state index contributed by atoms with van der Waals surface area (Å²) in [5.41, 5.74) is 2.36. The summed E-state index contributed by atoms with van der Waals surface area (Å²) in [6, 6.07) is 12.8. The van der Waals surface area contributed by atoms with E-state index < -0.39 is 0 Å². The third-order valence-corrected chi connectivity index (χ3v) is 5.29. The fraction of sp³-hybridized carbons (Fsp3) is 0.182. The number of methoxy groups -OCH3 is 1. The van der Waals surface area contributed by atoms with Gasteiger partial charge in [-0.25, -0.2) is 4.98 Å². The lowest BCUT2D eigenvalue weighted by atomic mass is 10.2. The Morgan fingerprint density at radius 1 is 1.16 bits per heavy atom. The molecule has 2 aromatic carbocycles. The van der Waals surface area contributed by atoms with Gasteiger partial charge in [-0.15, -0.1) is 0 Å². The Morgan fingerprint density at radius 2 is 1.94 bits per heavy atom. The molecule has 0 atom stereocenters. The lowest BCUT2D eigenvalue weighted by Gasteiger charge is -2.08. The lowest BCUT2D eigenvalue weighted by Crippen LogP contribution is -2.32. The molecule has 3 aromatic rings. The molecule has 31 heavy (non-hydrogen) atoms. The van der Waals surface area contributed by atoms with E-state index in [9.17, 15) is 9.59 Å². The highest BCUT2D eigenvalue weighted by Crippen LogP contribution is 2.28. The fourth-order valence-corrected chi connectivity index (χ4v) is 3.81. The summed E-state index contributed by atoms with van der Waals surface area (Å²) >= 11 is 6.61. The molecule has 0 aliphatic carbocycles. The van der Waals surface area contributed by atoms with Crippen molar-refractivity contribution in [1.82, 2.24) is 10.3 Å². The van der Waals surface area contributed by atoms with Crippen LogP contribution in [0.15, 0.2) is 48.5 Å². The SMILES string of the molecule is CCCC(=O)Nc1nc2ccc(NC(=S)NC(=O)/C=C/c3ccc(OC)cc3)cc2s1. The second-order valence-electron chi connectivity index (χ2n) is 6.55. The average molecular weight is 455 g/mol. The molecule has 3 rings (SSSR count). The molecule has 0 radical (unpaired) electrons. The summed E-state index contributed by atoms with van der Waals surface area (Å²) in [7, 11) is 1.60. The van der Waals surface area contributed by atoms with E-state index in [0.717, 1.165) is 28.0 Å². The van der Waals surface area contributed by atoms with Gasteiger partial charge in [-0.3, -0.25) is 14.9 Å². The first-order chi connectivity index (χ1) is 15.0.